The van der Waals surface area contributed by atoms with Crippen LogP contribution >= 0.6 is 0 Å². The van der Waals surface area contributed by atoms with Crippen LogP contribution in [0.15, 0.2) is 11.8 Å². The van der Waals surface area contributed by atoms with E-state index < -0.39 is 0 Å². The van der Waals surface area contributed by atoms with Gasteiger partial charge >= 0.3 is 0 Å². The molecule has 0 aromatic rings. The smallest absolute Gasteiger partial charge is 0.184 e. The molecule has 0 bridgehead atoms. The molecule has 0 rings (SSSR count). The van der Waals surface area contributed by atoms with Gasteiger partial charge in [0.25, 0.3) is 0 Å². The van der Waals surface area contributed by atoms with Crippen molar-refractivity contribution in [2.24, 2.45) is 5.41 Å². The molecule has 1 N–H and O–H groups in total. The second-order valence-electron chi connectivity index (χ2n) is 3.42. The third-order valence-corrected chi connectivity index (χ3v) is 2.22. The first-order valence-corrected chi connectivity index (χ1v) is 4.47. The number of aliphatic hydroxyl groups is 1. The number of allylic oxidation sites excluding steroid dienone is 2. The topological polar surface area (TPSA) is 46.5 Å². The van der Waals surface area contributed by atoms with E-state index >= 15 is 0 Å². The molecule has 0 radical (unpaired) electrons. The van der Waals surface area contributed by atoms with E-state index in [4.69, 9.17) is 9.84 Å². The Morgan fingerprint density at radius 2 is 2.23 bits per heavy atom. The van der Waals surface area contributed by atoms with Gasteiger partial charge in [0.05, 0.1) is 13.2 Å². The van der Waals surface area contributed by atoms with Crippen molar-refractivity contribution in [1.82, 2.24) is 0 Å². The molecule has 0 spiro atoms. The third-order valence-electron chi connectivity index (χ3n) is 2.22. The zero-order valence-electron chi connectivity index (χ0n) is 8.54. The summed E-state index contributed by atoms with van der Waals surface area (Å²) in [7, 11) is 0. The molecule has 0 heterocycles. The average Bonchev–Trinajstić information content (AvgIpc) is 2.19. The average molecular weight is 186 g/mol. The fourth-order valence-electron chi connectivity index (χ4n) is 0.702. The Bertz CT molecular complexity index is 181. The van der Waals surface area contributed by atoms with Crippen LogP contribution in [0.4, 0.5) is 0 Å². The van der Waals surface area contributed by atoms with Crippen molar-refractivity contribution in [3.05, 3.63) is 11.8 Å². The first-order chi connectivity index (χ1) is 6.11. The van der Waals surface area contributed by atoms with Crippen molar-refractivity contribution in [3.8, 4) is 0 Å². The Kier molecular flexibility index (Phi) is 5.39. The van der Waals surface area contributed by atoms with E-state index in [9.17, 15) is 4.79 Å². The molecule has 0 aliphatic heterocycles. The van der Waals surface area contributed by atoms with Gasteiger partial charge in [0.15, 0.2) is 12.0 Å². The number of ether oxygens (including phenoxy) is 1. The lowest BCUT2D eigenvalue weighted by Crippen LogP contribution is -2.26. The summed E-state index contributed by atoms with van der Waals surface area (Å²) in [6, 6.07) is 0. The van der Waals surface area contributed by atoms with E-state index in [0.29, 0.717) is 18.7 Å². The molecule has 3 heteroatoms. The van der Waals surface area contributed by atoms with E-state index in [0.717, 1.165) is 6.42 Å². The quantitative estimate of drug-likeness (QED) is 0.388. The maximum atomic E-state index is 10.4. The number of aliphatic hydroxyl groups excluding tert-OH is 1. The molecule has 76 valence electrons. The largest absolute Gasteiger partial charge is 0.490 e. The molecule has 0 aromatic heterocycles. The summed E-state index contributed by atoms with van der Waals surface area (Å²) >= 11 is 0. The van der Waals surface area contributed by atoms with Crippen molar-refractivity contribution in [1.29, 1.82) is 0 Å². The SMILES string of the molecule is C/C=C(\C=O)OCC(C)(CC)CO. The highest BCUT2D eigenvalue weighted by Gasteiger charge is 2.22. The Hall–Kier alpha value is -0.830. The van der Waals surface area contributed by atoms with Gasteiger partial charge in [-0.3, -0.25) is 4.79 Å². The standard InChI is InChI=1S/C10H18O3/c1-4-9(6-11)13-8-10(3,5-2)7-12/h4,6,12H,5,7-8H2,1-3H3/b9-4+. The van der Waals surface area contributed by atoms with Crippen LogP contribution in [0.5, 0.6) is 0 Å². The molecule has 3 nitrogen and oxygen atoms in total. The molecule has 13 heavy (non-hydrogen) atoms. The van der Waals surface area contributed by atoms with Gasteiger partial charge < -0.3 is 9.84 Å². The minimum atomic E-state index is -0.253. The Labute approximate surface area is 79.4 Å². The highest BCUT2D eigenvalue weighted by molar-refractivity contribution is 5.69. The fourth-order valence-corrected chi connectivity index (χ4v) is 0.702. The molecule has 0 fully saturated rings. The van der Waals surface area contributed by atoms with Crippen LogP contribution in [0, 0.1) is 5.41 Å². The van der Waals surface area contributed by atoms with E-state index in [1.165, 1.54) is 0 Å². The molecule has 0 saturated carbocycles. The predicted octanol–water partition coefficient (Wildman–Crippen LogP) is 1.51. The van der Waals surface area contributed by atoms with Crippen molar-refractivity contribution in [2.45, 2.75) is 27.2 Å². The molecule has 1 atom stereocenters. The van der Waals surface area contributed by atoms with E-state index in [-0.39, 0.29) is 12.0 Å². The number of carbonyl (C=O) groups is 1. The molecule has 1 unspecified atom stereocenters. The molecule has 0 aromatic carbocycles. The number of carbonyl (C=O) groups excluding carboxylic acids is 1. The van der Waals surface area contributed by atoms with E-state index in [1.54, 1.807) is 13.0 Å². The summed E-state index contributed by atoms with van der Waals surface area (Å²) in [5, 5.41) is 9.06. The summed E-state index contributed by atoms with van der Waals surface area (Å²) in [5.41, 5.74) is -0.253. The second-order valence-corrected chi connectivity index (χ2v) is 3.42. The lowest BCUT2D eigenvalue weighted by Gasteiger charge is -2.25. The first-order valence-electron chi connectivity index (χ1n) is 4.47. The molecular weight excluding hydrogens is 168 g/mol. The van der Waals surface area contributed by atoms with Gasteiger partial charge in [-0.25, -0.2) is 0 Å². The zero-order valence-corrected chi connectivity index (χ0v) is 8.54. The molecule has 0 amide bonds. The van der Waals surface area contributed by atoms with E-state index in [2.05, 4.69) is 0 Å². The first kappa shape index (κ1) is 12.2. The van der Waals surface area contributed by atoms with Crippen LogP contribution in [-0.2, 0) is 9.53 Å². The Balaban J connectivity index is 4.05. The predicted molar refractivity (Wildman–Crippen MR) is 51.3 cm³/mol. The maximum absolute atomic E-state index is 10.4. The normalized spacial score (nSPS) is 16.5. The van der Waals surface area contributed by atoms with Gasteiger partial charge in [-0.15, -0.1) is 0 Å². The lowest BCUT2D eigenvalue weighted by molar-refractivity contribution is -0.108. The zero-order chi connectivity index (χ0) is 10.3. The summed E-state index contributed by atoms with van der Waals surface area (Å²) in [4.78, 5) is 10.4. The van der Waals surface area contributed by atoms with Crippen LogP contribution < -0.4 is 0 Å². The minimum Gasteiger partial charge on any atom is -0.490 e. The van der Waals surface area contributed by atoms with Gasteiger partial charge in [0, 0.05) is 5.41 Å². The Morgan fingerprint density at radius 1 is 1.62 bits per heavy atom. The van der Waals surface area contributed by atoms with Gasteiger partial charge in [0.1, 0.15) is 0 Å². The van der Waals surface area contributed by atoms with Crippen molar-refractivity contribution in [2.75, 3.05) is 13.2 Å². The van der Waals surface area contributed by atoms with Crippen LogP contribution in [0.3, 0.4) is 0 Å². The molecule has 0 aliphatic rings. The van der Waals surface area contributed by atoms with Crippen LogP contribution in [0.1, 0.15) is 27.2 Å². The van der Waals surface area contributed by atoms with Gasteiger partial charge in [-0.1, -0.05) is 13.8 Å². The third kappa shape index (κ3) is 4.08. The molecule has 0 aliphatic carbocycles. The summed E-state index contributed by atoms with van der Waals surface area (Å²) in [6.45, 7) is 6.09. The van der Waals surface area contributed by atoms with Crippen LogP contribution in [-0.4, -0.2) is 24.6 Å². The summed E-state index contributed by atoms with van der Waals surface area (Å²) < 4.78 is 5.22. The van der Waals surface area contributed by atoms with Crippen LogP contribution in [0.2, 0.25) is 0 Å². The lowest BCUT2D eigenvalue weighted by atomic mass is 9.90. The van der Waals surface area contributed by atoms with E-state index in [1.807, 2.05) is 13.8 Å². The number of hydrogen-bond acceptors (Lipinski definition) is 3. The monoisotopic (exact) mass is 186 g/mol. The van der Waals surface area contributed by atoms with Crippen molar-refractivity contribution < 1.29 is 14.6 Å². The highest BCUT2D eigenvalue weighted by atomic mass is 16.5. The van der Waals surface area contributed by atoms with Gasteiger partial charge in [-0.2, -0.15) is 0 Å². The van der Waals surface area contributed by atoms with Crippen LogP contribution in [0.25, 0.3) is 0 Å². The van der Waals surface area contributed by atoms with Gasteiger partial charge in [0.2, 0.25) is 0 Å². The number of rotatable bonds is 6. The number of aldehydes is 1. The maximum Gasteiger partial charge on any atom is 0.184 e. The second kappa shape index (κ2) is 5.75. The number of hydrogen-bond donors (Lipinski definition) is 1. The minimum absolute atomic E-state index is 0.0688. The van der Waals surface area contributed by atoms with Crippen molar-refractivity contribution in [3.63, 3.8) is 0 Å². The molecular formula is C10H18O3. The highest BCUT2D eigenvalue weighted by Crippen LogP contribution is 2.21. The fraction of sp³-hybridized carbons (Fsp3) is 0.700. The Morgan fingerprint density at radius 3 is 2.54 bits per heavy atom. The molecule has 0 saturated heterocycles. The van der Waals surface area contributed by atoms with Gasteiger partial charge in [-0.05, 0) is 19.4 Å². The van der Waals surface area contributed by atoms with Crippen molar-refractivity contribution >= 4 is 6.29 Å². The summed E-state index contributed by atoms with van der Waals surface area (Å²) in [5.74, 6) is 0.327. The summed E-state index contributed by atoms with van der Waals surface area (Å²) in [6.07, 6.45) is 3.10.